The molecule has 0 saturated carbocycles. The Kier molecular flexibility index (Phi) is 7.71. The van der Waals surface area contributed by atoms with Gasteiger partial charge in [0.1, 0.15) is 26.4 Å². The van der Waals surface area contributed by atoms with Gasteiger partial charge < -0.3 is 28.7 Å². The van der Waals surface area contributed by atoms with Crippen LogP contribution in [0, 0.1) is 27.7 Å². The molecule has 5 heterocycles. The lowest BCUT2D eigenvalue weighted by Gasteiger charge is -2.44. The van der Waals surface area contributed by atoms with E-state index in [1.807, 2.05) is 11.3 Å². The lowest BCUT2D eigenvalue weighted by Crippen LogP contribution is -2.61. The maximum absolute atomic E-state index is 6.38. The standard InChI is InChI=1S/C48H49BN2O4S/c1-26-20-31(48(8,9)10)21-27(2)43(26)50-34-12-11-13-35-42(34)49(33-24-37-38(25-36(33)50)53-17-16-52-37)41-32-23-30(47(5,6)7)14-15-40(32)56-46(41)51(35)44-28(3)22-39-45(29(44)4)55-19-18-54-39/h11-15,20-25H,16-19H2,1-10H3. The molecule has 5 aromatic carbocycles. The van der Waals surface area contributed by atoms with Gasteiger partial charge in [-0.3, -0.25) is 0 Å². The fraction of sp³-hybridized carbons (Fsp3) is 0.333. The number of ether oxygens (including phenoxy) is 4. The van der Waals surface area contributed by atoms with Gasteiger partial charge in [-0.25, -0.2) is 0 Å². The molecule has 6 nitrogen and oxygen atoms in total. The van der Waals surface area contributed by atoms with E-state index in [1.54, 1.807) is 0 Å². The van der Waals surface area contributed by atoms with Crippen LogP contribution in [0.2, 0.25) is 0 Å². The molecule has 6 aromatic rings. The molecule has 56 heavy (non-hydrogen) atoms. The smallest absolute Gasteiger partial charge is 0.254 e. The molecular weight excluding hydrogens is 711 g/mol. The zero-order chi connectivity index (χ0) is 39.0. The number of aryl methyl sites for hydroxylation is 3. The largest absolute Gasteiger partial charge is 0.486 e. The summed E-state index contributed by atoms with van der Waals surface area (Å²) in [7, 11) is 0. The maximum atomic E-state index is 6.38. The molecule has 0 bridgehead atoms. The molecule has 0 radical (unpaired) electrons. The van der Waals surface area contributed by atoms with Gasteiger partial charge in [-0.1, -0.05) is 71.9 Å². The topological polar surface area (TPSA) is 43.4 Å². The van der Waals surface area contributed by atoms with Crippen molar-refractivity contribution in [3.05, 3.63) is 100 Å². The van der Waals surface area contributed by atoms with Crippen molar-refractivity contribution in [1.82, 2.24) is 0 Å². The van der Waals surface area contributed by atoms with Gasteiger partial charge in [0.25, 0.3) is 6.71 Å². The number of thiophene rings is 1. The zero-order valence-corrected chi connectivity index (χ0v) is 35.0. The van der Waals surface area contributed by atoms with E-state index in [0.717, 1.165) is 45.5 Å². The van der Waals surface area contributed by atoms with E-state index < -0.39 is 0 Å². The molecule has 0 amide bonds. The summed E-state index contributed by atoms with van der Waals surface area (Å²) in [5.41, 5.74) is 17.1. The van der Waals surface area contributed by atoms with Crippen molar-refractivity contribution in [3.63, 3.8) is 0 Å². The Balaban J connectivity index is 1.33. The molecule has 0 unspecified atom stereocenters. The van der Waals surface area contributed by atoms with Crippen LogP contribution >= 0.6 is 11.3 Å². The summed E-state index contributed by atoms with van der Waals surface area (Å²) in [5, 5.41) is 2.54. The number of hydrogen-bond acceptors (Lipinski definition) is 7. The van der Waals surface area contributed by atoms with Crippen molar-refractivity contribution in [2.24, 2.45) is 0 Å². The predicted molar refractivity (Wildman–Crippen MR) is 234 cm³/mol. The Morgan fingerprint density at radius 1 is 0.571 bits per heavy atom. The first-order chi connectivity index (χ1) is 26.7. The molecule has 0 atom stereocenters. The second-order valence-electron chi connectivity index (χ2n) is 18.1. The summed E-state index contributed by atoms with van der Waals surface area (Å²) in [5.74, 6) is 3.27. The molecule has 284 valence electrons. The molecular formula is C48H49BN2O4S. The highest BCUT2D eigenvalue weighted by molar-refractivity contribution is 7.26. The maximum Gasteiger partial charge on any atom is 0.254 e. The number of benzene rings is 5. The molecule has 0 N–H and O–H groups in total. The average Bonchev–Trinajstić information content (AvgIpc) is 3.53. The van der Waals surface area contributed by atoms with E-state index in [9.17, 15) is 0 Å². The van der Waals surface area contributed by atoms with E-state index in [4.69, 9.17) is 18.9 Å². The third-order valence-corrected chi connectivity index (χ3v) is 13.3. The van der Waals surface area contributed by atoms with E-state index in [-0.39, 0.29) is 17.5 Å². The second-order valence-corrected chi connectivity index (χ2v) is 19.1. The highest BCUT2D eigenvalue weighted by Gasteiger charge is 2.47. The van der Waals surface area contributed by atoms with Gasteiger partial charge in [-0.15, -0.1) is 11.3 Å². The second kappa shape index (κ2) is 12.2. The number of fused-ring (bicyclic) bond motifs is 8. The van der Waals surface area contributed by atoms with Crippen LogP contribution in [0.25, 0.3) is 10.1 Å². The van der Waals surface area contributed by atoms with Crippen LogP contribution in [-0.4, -0.2) is 33.1 Å². The van der Waals surface area contributed by atoms with Crippen molar-refractivity contribution in [1.29, 1.82) is 0 Å². The van der Waals surface area contributed by atoms with Crippen LogP contribution in [0.4, 0.5) is 33.4 Å². The number of hydrogen-bond donors (Lipinski definition) is 0. The minimum absolute atomic E-state index is 0.0107. The number of rotatable bonds is 2. The van der Waals surface area contributed by atoms with Crippen LogP contribution < -0.4 is 45.1 Å². The number of nitrogens with zero attached hydrogens (tertiary/aromatic N) is 2. The first-order valence-electron chi connectivity index (χ1n) is 20.0. The van der Waals surface area contributed by atoms with Crippen LogP contribution in [-0.2, 0) is 10.8 Å². The summed E-state index contributed by atoms with van der Waals surface area (Å²) in [6, 6.07) is 25.5. The fourth-order valence-corrected chi connectivity index (χ4v) is 10.7. The van der Waals surface area contributed by atoms with Crippen molar-refractivity contribution in [2.45, 2.75) is 80.1 Å². The Labute approximate surface area is 335 Å². The molecule has 0 saturated heterocycles. The summed E-state index contributed by atoms with van der Waals surface area (Å²) in [4.78, 5) is 5.06. The van der Waals surface area contributed by atoms with E-state index >= 15 is 0 Å². The minimum atomic E-state index is -0.0502. The molecule has 0 spiro atoms. The van der Waals surface area contributed by atoms with Crippen molar-refractivity contribution in [3.8, 4) is 23.0 Å². The number of anilines is 6. The first-order valence-corrected chi connectivity index (χ1v) is 20.8. The quantitative estimate of drug-likeness (QED) is 0.164. The van der Waals surface area contributed by atoms with E-state index in [0.29, 0.717) is 26.4 Å². The van der Waals surface area contributed by atoms with Gasteiger partial charge in [0.05, 0.1) is 16.4 Å². The lowest BCUT2D eigenvalue weighted by molar-refractivity contribution is 0.170. The van der Waals surface area contributed by atoms with Gasteiger partial charge in [0.15, 0.2) is 23.0 Å². The van der Waals surface area contributed by atoms with Gasteiger partial charge in [0.2, 0.25) is 0 Å². The van der Waals surface area contributed by atoms with E-state index in [1.165, 1.54) is 70.8 Å². The highest BCUT2D eigenvalue weighted by atomic mass is 32.1. The lowest BCUT2D eigenvalue weighted by atomic mass is 9.33. The molecule has 0 fully saturated rings. The molecule has 8 heteroatoms. The summed E-state index contributed by atoms with van der Waals surface area (Å²) >= 11 is 1.88. The van der Waals surface area contributed by atoms with Crippen molar-refractivity contribution < 1.29 is 18.9 Å². The van der Waals surface area contributed by atoms with Crippen LogP contribution in [0.15, 0.2) is 66.7 Å². The zero-order valence-electron chi connectivity index (χ0n) is 34.2. The third-order valence-electron chi connectivity index (χ3n) is 12.2. The van der Waals surface area contributed by atoms with Crippen molar-refractivity contribution in [2.75, 3.05) is 36.2 Å². The molecule has 4 aliphatic rings. The van der Waals surface area contributed by atoms with Gasteiger partial charge in [-0.05, 0) is 118 Å². The molecule has 1 aromatic heterocycles. The first kappa shape index (κ1) is 35.3. The third kappa shape index (κ3) is 5.14. The Morgan fingerprint density at radius 3 is 1.86 bits per heavy atom. The summed E-state index contributed by atoms with van der Waals surface area (Å²) < 4.78 is 26.5. The van der Waals surface area contributed by atoms with Gasteiger partial charge >= 0.3 is 0 Å². The van der Waals surface area contributed by atoms with Crippen LogP contribution in [0.1, 0.15) is 74.9 Å². The van der Waals surface area contributed by atoms with Crippen molar-refractivity contribution >= 4 is 78.0 Å². The molecule has 4 aliphatic heterocycles. The molecule has 10 rings (SSSR count). The SMILES string of the molecule is Cc1cc(C(C)(C)C)cc(C)c1N1c2cc3c(cc2B2c4c1cccc4N(c1c(C)cc4c(c1C)OCCO4)c1sc4ccc(C(C)(C)C)cc4c12)OCCO3. The van der Waals surface area contributed by atoms with Crippen LogP contribution in [0.5, 0.6) is 23.0 Å². The molecule has 0 aliphatic carbocycles. The predicted octanol–water partition coefficient (Wildman–Crippen LogP) is 10.4. The summed E-state index contributed by atoms with van der Waals surface area (Å²) in [6.45, 7) is 24.9. The van der Waals surface area contributed by atoms with Gasteiger partial charge in [0, 0.05) is 33.4 Å². The Morgan fingerprint density at radius 2 is 1.18 bits per heavy atom. The monoisotopic (exact) mass is 760 g/mol. The van der Waals surface area contributed by atoms with Gasteiger partial charge in [-0.2, -0.15) is 0 Å². The highest BCUT2D eigenvalue weighted by Crippen LogP contribution is 2.53. The van der Waals surface area contributed by atoms with Crippen LogP contribution in [0.3, 0.4) is 0 Å². The normalized spacial score (nSPS) is 15.5. The minimum Gasteiger partial charge on any atom is -0.486 e. The Hall–Kier alpha value is -5.08. The summed E-state index contributed by atoms with van der Waals surface area (Å²) in [6.07, 6.45) is 0. The fourth-order valence-electron chi connectivity index (χ4n) is 9.50. The van der Waals surface area contributed by atoms with E-state index in [2.05, 4.69) is 146 Å². The average molecular weight is 761 g/mol. The Bertz CT molecular complexity index is 2630.